The van der Waals surface area contributed by atoms with Crippen molar-refractivity contribution >= 4 is 23.3 Å². The van der Waals surface area contributed by atoms with Crippen LogP contribution in [0.5, 0.6) is 0 Å². The molecule has 0 saturated carbocycles. The first-order valence-corrected chi connectivity index (χ1v) is 7.32. The van der Waals surface area contributed by atoms with Crippen LogP contribution in [0.1, 0.15) is 23.2 Å². The van der Waals surface area contributed by atoms with Crippen molar-refractivity contribution in [3.63, 3.8) is 0 Å². The van der Waals surface area contributed by atoms with Crippen molar-refractivity contribution in [1.82, 2.24) is 9.80 Å². The monoisotopic (exact) mass is 292 g/mol. The summed E-state index contributed by atoms with van der Waals surface area (Å²) in [7, 11) is 0. The number of carbonyl (C=O) groups is 2. The van der Waals surface area contributed by atoms with Gasteiger partial charge in [0, 0.05) is 37.7 Å². The molecule has 1 amide bonds. The molecular weight excluding hydrogens is 276 g/mol. The molecule has 2 saturated heterocycles. The van der Waals surface area contributed by atoms with Crippen molar-refractivity contribution in [3.8, 4) is 0 Å². The first-order valence-electron chi connectivity index (χ1n) is 6.94. The van der Waals surface area contributed by atoms with Crippen LogP contribution in [0, 0.1) is 0 Å². The molecule has 0 aromatic heterocycles. The van der Waals surface area contributed by atoms with Crippen molar-refractivity contribution in [2.24, 2.45) is 0 Å². The minimum atomic E-state index is 0.0494. The van der Waals surface area contributed by atoms with E-state index in [-0.39, 0.29) is 17.7 Å². The van der Waals surface area contributed by atoms with Crippen LogP contribution in [-0.4, -0.2) is 53.7 Å². The minimum Gasteiger partial charge on any atom is -0.337 e. The molecule has 3 rings (SSSR count). The third-order valence-electron chi connectivity index (χ3n) is 4.12. The molecule has 2 heterocycles. The Balaban J connectivity index is 1.63. The van der Waals surface area contributed by atoms with Gasteiger partial charge in [-0.05, 0) is 18.6 Å². The van der Waals surface area contributed by atoms with Crippen LogP contribution in [0.2, 0.25) is 5.02 Å². The van der Waals surface area contributed by atoms with E-state index in [0.717, 1.165) is 26.1 Å². The number of piperazine rings is 1. The van der Waals surface area contributed by atoms with Gasteiger partial charge in [0.1, 0.15) is 0 Å². The van der Waals surface area contributed by atoms with Gasteiger partial charge in [-0.25, -0.2) is 0 Å². The van der Waals surface area contributed by atoms with Crippen LogP contribution in [0.4, 0.5) is 0 Å². The Hall–Kier alpha value is -1.39. The largest absolute Gasteiger partial charge is 0.337 e. The molecule has 20 heavy (non-hydrogen) atoms. The van der Waals surface area contributed by atoms with Gasteiger partial charge in [0.15, 0.2) is 5.78 Å². The maximum Gasteiger partial charge on any atom is 0.222 e. The molecule has 5 heteroatoms. The van der Waals surface area contributed by atoms with E-state index in [4.69, 9.17) is 11.6 Å². The summed E-state index contributed by atoms with van der Waals surface area (Å²) in [4.78, 5) is 28.0. The third kappa shape index (κ3) is 2.58. The van der Waals surface area contributed by atoms with Gasteiger partial charge in [-0.15, -0.1) is 0 Å². The van der Waals surface area contributed by atoms with E-state index in [1.807, 2.05) is 17.0 Å². The van der Waals surface area contributed by atoms with Crippen molar-refractivity contribution in [2.45, 2.75) is 18.9 Å². The zero-order chi connectivity index (χ0) is 14.1. The molecule has 4 nitrogen and oxygen atoms in total. The molecule has 0 aliphatic carbocycles. The topological polar surface area (TPSA) is 40.6 Å². The van der Waals surface area contributed by atoms with E-state index in [1.54, 1.807) is 12.1 Å². The number of nitrogens with zero attached hydrogens (tertiary/aromatic N) is 2. The highest BCUT2D eigenvalue weighted by Gasteiger charge is 2.35. The first-order chi connectivity index (χ1) is 9.65. The van der Waals surface area contributed by atoms with Gasteiger partial charge >= 0.3 is 0 Å². The summed E-state index contributed by atoms with van der Waals surface area (Å²) in [5.74, 6) is 0.306. The average Bonchev–Trinajstić information content (AvgIpc) is 2.80. The summed E-state index contributed by atoms with van der Waals surface area (Å²) in [6.07, 6.45) is 1.56. The van der Waals surface area contributed by atoms with Crippen LogP contribution in [0.3, 0.4) is 0 Å². The van der Waals surface area contributed by atoms with Crippen LogP contribution in [0.15, 0.2) is 24.3 Å². The lowest BCUT2D eigenvalue weighted by atomic mass is 10.1. The number of halogens is 1. The molecule has 2 fully saturated rings. The number of fused-ring (bicyclic) bond motifs is 1. The zero-order valence-corrected chi connectivity index (χ0v) is 12.0. The maximum atomic E-state index is 12.3. The second kappa shape index (κ2) is 5.54. The second-order valence-corrected chi connectivity index (χ2v) is 5.82. The number of ketones is 1. The van der Waals surface area contributed by atoms with Gasteiger partial charge < -0.3 is 4.90 Å². The highest BCUT2D eigenvalue weighted by molar-refractivity contribution is 6.34. The smallest absolute Gasteiger partial charge is 0.222 e. The van der Waals surface area contributed by atoms with Crippen molar-refractivity contribution < 1.29 is 9.59 Å². The van der Waals surface area contributed by atoms with Crippen LogP contribution < -0.4 is 0 Å². The number of Topliss-reactive ketones (excluding diaryl/α,β-unsaturated/α-hetero) is 1. The molecule has 2 aliphatic rings. The number of hydrogen-bond donors (Lipinski definition) is 0. The predicted molar refractivity (Wildman–Crippen MR) is 77.0 cm³/mol. The van der Waals surface area contributed by atoms with Crippen molar-refractivity contribution in [1.29, 1.82) is 0 Å². The van der Waals surface area contributed by atoms with E-state index >= 15 is 0 Å². The van der Waals surface area contributed by atoms with Crippen LogP contribution in [-0.2, 0) is 4.79 Å². The fraction of sp³-hybridized carbons (Fsp3) is 0.467. The van der Waals surface area contributed by atoms with Gasteiger partial charge in [-0.3, -0.25) is 14.5 Å². The highest BCUT2D eigenvalue weighted by Crippen LogP contribution is 2.23. The summed E-state index contributed by atoms with van der Waals surface area (Å²) in [5.41, 5.74) is 0.582. The van der Waals surface area contributed by atoms with Gasteiger partial charge in [0.25, 0.3) is 0 Å². The number of amides is 1. The highest BCUT2D eigenvalue weighted by atomic mass is 35.5. The number of carbonyl (C=O) groups excluding carboxylic acids is 2. The average molecular weight is 293 g/mol. The van der Waals surface area contributed by atoms with E-state index in [2.05, 4.69) is 4.90 Å². The standard InChI is InChI=1S/C15H17ClN2O2/c16-13-4-2-1-3-12(13)14(19)10-17-7-8-18-11(9-17)5-6-15(18)20/h1-4,11H,5-10H2. The van der Waals surface area contributed by atoms with Crippen molar-refractivity contribution in [3.05, 3.63) is 34.9 Å². The molecule has 0 N–H and O–H groups in total. The molecule has 2 aliphatic heterocycles. The summed E-state index contributed by atoms with van der Waals surface area (Å²) in [5, 5.41) is 0.507. The maximum absolute atomic E-state index is 12.3. The SMILES string of the molecule is O=C(CN1CCN2C(=O)CCC2C1)c1ccccc1Cl. The fourth-order valence-corrected chi connectivity index (χ4v) is 3.29. The Kier molecular flexibility index (Phi) is 3.76. The summed E-state index contributed by atoms with van der Waals surface area (Å²) >= 11 is 6.05. The number of benzene rings is 1. The second-order valence-electron chi connectivity index (χ2n) is 5.42. The van der Waals surface area contributed by atoms with Gasteiger partial charge in [-0.1, -0.05) is 23.7 Å². The molecule has 0 bridgehead atoms. The molecule has 1 unspecified atom stereocenters. The van der Waals surface area contributed by atoms with E-state index in [0.29, 0.717) is 23.6 Å². The Morgan fingerprint density at radius 3 is 2.90 bits per heavy atom. The molecule has 106 valence electrons. The molecule has 1 aromatic rings. The minimum absolute atomic E-state index is 0.0494. The normalized spacial score (nSPS) is 22.9. The summed E-state index contributed by atoms with van der Waals surface area (Å²) in [6.45, 7) is 2.67. The Labute approximate surface area is 123 Å². The first kappa shape index (κ1) is 13.6. The molecule has 1 aromatic carbocycles. The van der Waals surface area contributed by atoms with Gasteiger partial charge in [0.2, 0.25) is 5.91 Å². The Bertz CT molecular complexity index is 546. The number of hydrogen-bond acceptors (Lipinski definition) is 3. The lowest BCUT2D eigenvalue weighted by molar-refractivity contribution is -0.130. The summed E-state index contributed by atoms with van der Waals surface area (Å²) in [6, 6.07) is 7.44. The summed E-state index contributed by atoms with van der Waals surface area (Å²) < 4.78 is 0. The lowest BCUT2D eigenvalue weighted by Crippen LogP contribution is -2.52. The van der Waals surface area contributed by atoms with Gasteiger partial charge in [-0.2, -0.15) is 0 Å². The van der Waals surface area contributed by atoms with E-state index in [9.17, 15) is 9.59 Å². The molecule has 0 spiro atoms. The van der Waals surface area contributed by atoms with Crippen molar-refractivity contribution in [2.75, 3.05) is 26.2 Å². The van der Waals surface area contributed by atoms with Gasteiger partial charge in [0.05, 0.1) is 11.6 Å². The molecular formula is C15H17ClN2O2. The number of rotatable bonds is 3. The van der Waals surface area contributed by atoms with E-state index in [1.165, 1.54) is 0 Å². The van der Waals surface area contributed by atoms with Crippen LogP contribution in [0.25, 0.3) is 0 Å². The van der Waals surface area contributed by atoms with Crippen LogP contribution >= 0.6 is 11.6 Å². The quantitative estimate of drug-likeness (QED) is 0.798. The molecule has 1 atom stereocenters. The zero-order valence-electron chi connectivity index (χ0n) is 11.2. The predicted octanol–water partition coefficient (Wildman–Crippen LogP) is 1.83. The molecule has 0 radical (unpaired) electrons. The third-order valence-corrected chi connectivity index (χ3v) is 4.45. The fourth-order valence-electron chi connectivity index (χ4n) is 3.05. The Morgan fingerprint density at radius 2 is 2.10 bits per heavy atom. The lowest BCUT2D eigenvalue weighted by Gasteiger charge is -2.37. The van der Waals surface area contributed by atoms with E-state index < -0.39 is 0 Å². The Morgan fingerprint density at radius 1 is 1.30 bits per heavy atom.